The fourth-order valence-corrected chi connectivity index (χ4v) is 3.05. The summed E-state index contributed by atoms with van der Waals surface area (Å²) in [6.45, 7) is 3.37. The van der Waals surface area contributed by atoms with Crippen LogP contribution in [0.5, 0.6) is 0 Å². The fraction of sp³-hybridized carbons (Fsp3) is 0.917. The molecule has 1 N–H and O–H groups in total. The lowest BCUT2D eigenvalue weighted by molar-refractivity contribution is -0.108. The van der Waals surface area contributed by atoms with Gasteiger partial charge in [-0.1, -0.05) is 0 Å². The van der Waals surface area contributed by atoms with Gasteiger partial charge in [-0.25, -0.2) is 0 Å². The average molecular weight is 227 g/mol. The highest BCUT2D eigenvalue weighted by molar-refractivity contribution is 5.49. The van der Waals surface area contributed by atoms with Crippen LogP contribution in [0.15, 0.2) is 0 Å². The van der Waals surface area contributed by atoms with E-state index in [1.54, 1.807) is 0 Å². The molecule has 92 valence electrons. The van der Waals surface area contributed by atoms with E-state index in [4.69, 9.17) is 4.74 Å². The number of nitrogens with zero attached hydrogens (tertiary/aromatic N) is 1. The van der Waals surface area contributed by atoms with E-state index in [9.17, 15) is 9.90 Å². The zero-order chi connectivity index (χ0) is 11.4. The monoisotopic (exact) mass is 227 g/mol. The number of aliphatic hydroxyl groups excluding tert-OH is 1. The maximum atomic E-state index is 10.4. The summed E-state index contributed by atoms with van der Waals surface area (Å²) in [6.07, 6.45) is 4.25. The third-order valence-corrected chi connectivity index (χ3v) is 3.83. The van der Waals surface area contributed by atoms with E-state index in [0.29, 0.717) is 12.3 Å². The van der Waals surface area contributed by atoms with Crippen molar-refractivity contribution in [2.75, 3.05) is 26.3 Å². The molecule has 1 aliphatic carbocycles. The molecule has 2 fully saturated rings. The SMILES string of the molecule is O=CCCC1CCC(O)C1N1CCOCC1. The number of morpholine rings is 1. The standard InChI is InChI=1S/C12H21NO3/c14-7-1-2-10-3-4-11(15)12(10)13-5-8-16-9-6-13/h7,10-12,15H,1-6,8-9H2. The molecule has 1 saturated heterocycles. The highest BCUT2D eigenvalue weighted by Crippen LogP contribution is 2.33. The Kier molecular flexibility index (Phi) is 4.32. The molecule has 0 amide bonds. The van der Waals surface area contributed by atoms with Crippen LogP contribution in [0.2, 0.25) is 0 Å². The molecule has 0 bridgehead atoms. The second-order valence-corrected chi connectivity index (χ2v) is 4.79. The van der Waals surface area contributed by atoms with Gasteiger partial charge in [-0.15, -0.1) is 0 Å². The Morgan fingerprint density at radius 3 is 2.75 bits per heavy atom. The lowest BCUT2D eigenvalue weighted by Crippen LogP contribution is -2.49. The van der Waals surface area contributed by atoms with Gasteiger partial charge in [0.2, 0.25) is 0 Å². The predicted octanol–water partition coefficient (Wildman–Crippen LogP) is 0.437. The number of carbonyl (C=O) groups excluding carboxylic acids is 1. The lowest BCUT2D eigenvalue weighted by atomic mass is 9.95. The minimum Gasteiger partial charge on any atom is -0.391 e. The third kappa shape index (κ3) is 2.62. The third-order valence-electron chi connectivity index (χ3n) is 3.83. The second-order valence-electron chi connectivity index (χ2n) is 4.79. The number of rotatable bonds is 4. The Morgan fingerprint density at radius 2 is 2.06 bits per heavy atom. The van der Waals surface area contributed by atoms with Gasteiger partial charge < -0.3 is 14.6 Å². The maximum Gasteiger partial charge on any atom is 0.120 e. The molecule has 0 aromatic rings. The molecule has 16 heavy (non-hydrogen) atoms. The lowest BCUT2D eigenvalue weighted by Gasteiger charge is -2.37. The smallest absolute Gasteiger partial charge is 0.120 e. The van der Waals surface area contributed by atoms with Crippen LogP contribution < -0.4 is 0 Å². The molecule has 2 rings (SSSR count). The average Bonchev–Trinajstić information content (AvgIpc) is 2.69. The largest absolute Gasteiger partial charge is 0.391 e. The summed E-state index contributed by atoms with van der Waals surface area (Å²) in [7, 11) is 0. The van der Waals surface area contributed by atoms with Gasteiger partial charge >= 0.3 is 0 Å². The first-order valence-electron chi connectivity index (χ1n) is 6.26. The summed E-state index contributed by atoms with van der Waals surface area (Å²) in [5.74, 6) is 0.485. The molecule has 1 saturated carbocycles. The van der Waals surface area contributed by atoms with Crippen LogP contribution in [0.3, 0.4) is 0 Å². The van der Waals surface area contributed by atoms with Gasteiger partial charge in [-0.2, -0.15) is 0 Å². The summed E-state index contributed by atoms with van der Waals surface area (Å²) >= 11 is 0. The Hall–Kier alpha value is -0.450. The van der Waals surface area contributed by atoms with Crippen LogP contribution in [0.1, 0.15) is 25.7 Å². The van der Waals surface area contributed by atoms with Gasteiger partial charge in [-0.3, -0.25) is 4.90 Å². The van der Waals surface area contributed by atoms with Crippen molar-refractivity contribution < 1.29 is 14.6 Å². The summed E-state index contributed by atoms with van der Waals surface area (Å²) in [5, 5.41) is 10.0. The van der Waals surface area contributed by atoms with Crippen LogP contribution in [-0.4, -0.2) is 54.7 Å². The molecule has 3 atom stereocenters. The fourth-order valence-electron chi connectivity index (χ4n) is 3.05. The molecule has 4 heteroatoms. The van der Waals surface area contributed by atoms with Crippen LogP contribution in [0.25, 0.3) is 0 Å². The number of hydrogen-bond donors (Lipinski definition) is 1. The molecule has 0 aromatic carbocycles. The predicted molar refractivity (Wildman–Crippen MR) is 60.2 cm³/mol. The Bertz CT molecular complexity index is 228. The van der Waals surface area contributed by atoms with Gasteiger partial charge in [0.25, 0.3) is 0 Å². The van der Waals surface area contributed by atoms with Crippen LogP contribution in [-0.2, 0) is 9.53 Å². The number of aliphatic hydroxyl groups is 1. The Morgan fingerprint density at radius 1 is 1.31 bits per heavy atom. The van der Waals surface area contributed by atoms with E-state index in [1.807, 2.05) is 0 Å². The van der Waals surface area contributed by atoms with Crippen LogP contribution in [0.4, 0.5) is 0 Å². The minimum atomic E-state index is -0.213. The molecule has 1 heterocycles. The zero-order valence-corrected chi connectivity index (χ0v) is 9.68. The van der Waals surface area contributed by atoms with Crippen molar-refractivity contribution >= 4 is 6.29 Å². The first-order chi connectivity index (χ1) is 7.83. The van der Waals surface area contributed by atoms with Gasteiger partial charge in [0.15, 0.2) is 0 Å². The van der Waals surface area contributed by atoms with E-state index >= 15 is 0 Å². The molecular formula is C12H21NO3. The molecule has 0 aromatic heterocycles. The van der Waals surface area contributed by atoms with Gasteiger partial charge in [0.05, 0.1) is 19.3 Å². The van der Waals surface area contributed by atoms with Crippen LogP contribution in [0, 0.1) is 5.92 Å². The quantitative estimate of drug-likeness (QED) is 0.708. The minimum absolute atomic E-state index is 0.213. The summed E-state index contributed by atoms with van der Waals surface area (Å²) in [5.41, 5.74) is 0. The van der Waals surface area contributed by atoms with Crippen molar-refractivity contribution in [1.29, 1.82) is 0 Å². The second kappa shape index (κ2) is 5.75. The number of hydrogen-bond acceptors (Lipinski definition) is 4. The van der Waals surface area contributed by atoms with E-state index in [-0.39, 0.29) is 12.1 Å². The van der Waals surface area contributed by atoms with Gasteiger partial charge in [0, 0.05) is 25.6 Å². The molecule has 2 aliphatic rings. The van der Waals surface area contributed by atoms with Crippen molar-refractivity contribution in [2.45, 2.75) is 37.8 Å². The number of aldehydes is 1. The van der Waals surface area contributed by atoms with Crippen molar-refractivity contribution in [3.63, 3.8) is 0 Å². The van der Waals surface area contributed by atoms with Crippen molar-refractivity contribution in [3.05, 3.63) is 0 Å². The van der Waals surface area contributed by atoms with Crippen molar-refractivity contribution in [3.8, 4) is 0 Å². The number of ether oxygens (including phenoxy) is 1. The number of carbonyl (C=O) groups is 1. The highest BCUT2D eigenvalue weighted by atomic mass is 16.5. The van der Waals surface area contributed by atoms with E-state index in [2.05, 4.69) is 4.90 Å². The first kappa shape index (κ1) is 12.0. The van der Waals surface area contributed by atoms with Crippen molar-refractivity contribution in [1.82, 2.24) is 4.90 Å². The molecule has 0 radical (unpaired) electrons. The Balaban J connectivity index is 1.94. The summed E-state index contributed by atoms with van der Waals surface area (Å²) in [6, 6.07) is 0.254. The van der Waals surface area contributed by atoms with E-state index in [1.165, 1.54) is 0 Å². The van der Waals surface area contributed by atoms with E-state index in [0.717, 1.165) is 51.9 Å². The topological polar surface area (TPSA) is 49.8 Å². The van der Waals surface area contributed by atoms with Crippen molar-refractivity contribution in [2.24, 2.45) is 5.92 Å². The van der Waals surface area contributed by atoms with Gasteiger partial charge in [0.1, 0.15) is 6.29 Å². The molecule has 4 nitrogen and oxygen atoms in total. The molecule has 1 aliphatic heterocycles. The van der Waals surface area contributed by atoms with Crippen LogP contribution >= 0.6 is 0 Å². The Labute approximate surface area is 96.6 Å². The molecule has 3 unspecified atom stereocenters. The van der Waals surface area contributed by atoms with E-state index < -0.39 is 0 Å². The normalized spacial score (nSPS) is 36.4. The first-order valence-corrected chi connectivity index (χ1v) is 6.26. The zero-order valence-electron chi connectivity index (χ0n) is 9.68. The van der Waals surface area contributed by atoms with Gasteiger partial charge in [-0.05, 0) is 25.2 Å². The molecule has 0 spiro atoms. The summed E-state index contributed by atoms with van der Waals surface area (Å²) < 4.78 is 5.33. The molecular weight excluding hydrogens is 206 g/mol. The maximum absolute atomic E-state index is 10.4. The highest BCUT2D eigenvalue weighted by Gasteiger charge is 2.38. The summed E-state index contributed by atoms with van der Waals surface area (Å²) in [4.78, 5) is 12.8.